The smallest absolute Gasteiger partial charge is 0.151 e. The minimum atomic E-state index is 0.444. The number of anilines is 1. The lowest BCUT2D eigenvalue weighted by Gasteiger charge is -2.16. The van der Waals surface area contributed by atoms with Crippen molar-refractivity contribution in [2.24, 2.45) is 11.7 Å². The maximum absolute atomic E-state index is 5.48. The third-order valence-corrected chi connectivity index (χ3v) is 2.93. The van der Waals surface area contributed by atoms with E-state index in [0.717, 1.165) is 37.6 Å². The summed E-state index contributed by atoms with van der Waals surface area (Å²) < 4.78 is 5.17. The normalized spacial score (nSPS) is 20.4. The minimum absolute atomic E-state index is 0.444. The summed E-state index contributed by atoms with van der Waals surface area (Å²) in [4.78, 5) is 2.25. The van der Waals surface area contributed by atoms with Crippen LogP contribution >= 0.6 is 0 Å². The quantitative estimate of drug-likeness (QED) is 0.799. The topological polar surface area (TPSA) is 64.3 Å². The van der Waals surface area contributed by atoms with Crippen LogP contribution in [-0.2, 0) is 11.3 Å². The molecule has 1 aromatic heterocycles. The van der Waals surface area contributed by atoms with Gasteiger partial charge in [-0.2, -0.15) is 5.10 Å². The molecule has 2 heterocycles. The molecule has 0 saturated carbocycles. The van der Waals surface area contributed by atoms with Crippen molar-refractivity contribution >= 4 is 5.82 Å². The molecule has 0 aromatic carbocycles. The van der Waals surface area contributed by atoms with Gasteiger partial charge in [0.2, 0.25) is 0 Å². The van der Waals surface area contributed by atoms with Crippen LogP contribution < -0.4 is 10.6 Å². The van der Waals surface area contributed by atoms with Gasteiger partial charge in [0.15, 0.2) is 5.82 Å². The van der Waals surface area contributed by atoms with E-state index in [1.165, 1.54) is 0 Å². The molecule has 1 atom stereocenters. The molecule has 0 bridgehead atoms. The molecule has 0 spiro atoms. The van der Waals surface area contributed by atoms with Crippen LogP contribution in [0.15, 0.2) is 12.1 Å². The van der Waals surface area contributed by atoms with Crippen molar-refractivity contribution in [1.82, 2.24) is 10.2 Å². The van der Waals surface area contributed by atoms with Gasteiger partial charge in [-0.1, -0.05) is 0 Å². The van der Waals surface area contributed by atoms with E-state index in [9.17, 15) is 0 Å². The Kier molecular flexibility index (Phi) is 3.69. The third-order valence-electron chi connectivity index (χ3n) is 2.93. The lowest BCUT2D eigenvalue weighted by Crippen LogP contribution is -2.22. The first-order valence-corrected chi connectivity index (χ1v) is 5.60. The van der Waals surface area contributed by atoms with Gasteiger partial charge in [-0.05, 0) is 18.6 Å². The van der Waals surface area contributed by atoms with Crippen molar-refractivity contribution in [3.63, 3.8) is 0 Å². The molecule has 0 aliphatic carbocycles. The lowest BCUT2D eigenvalue weighted by atomic mass is 10.1. The third kappa shape index (κ3) is 2.48. The van der Waals surface area contributed by atoms with Crippen LogP contribution in [0.1, 0.15) is 12.1 Å². The summed E-state index contributed by atoms with van der Waals surface area (Å²) in [5, 5.41) is 8.25. The standard InChI is InChI=1S/C11H18N4O/c1-16-8-9-4-5-15(7-9)11-3-2-10(6-12)13-14-11/h2-3,9H,4-8,12H2,1H3. The van der Waals surface area contributed by atoms with E-state index in [2.05, 4.69) is 15.1 Å². The molecule has 1 aromatic rings. The first kappa shape index (κ1) is 11.3. The summed E-state index contributed by atoms with van der Waals surface area (Å²) in [5.74, 6) is 1.55. The summed E-state index contributed by atoms with van der Waals surface area (Å²) in [6.07, 6.45) is 1.16. The first-order chi connectivity index (χ1) is 7.83. The van der Waals surface area contributed by atoms with Crippen LogP contribution in [-0.4, -0.2) is 37.0 Å². The molecule has 1 saturated heterocycles. The Balaban J connectivity index is 1.97. The van der Waals surface area contributed by atoms with E-state index in [-0.39, 0.29) is 0 Å². The zero-order chi connectivity index (χ0) is 11.4. The maximum Gasteiger partial charge on any atom is 0.151 e. The van der Waals surface area contributed by atoms with Crippen molar-refractivity contribution in [3.05, 3.63) is 17.8 Å². The van der Waals surface area contributed by atoms with Crippen LogP contribution in [0.2, 0.25) is 0 Å². The number of nitrogens with zero attached hydrogens (tertiary/aromatic N) is 3. The van der Waals surface area contributed by atoms with Gasteiger partial charge in [0.1, 0.15) is 0 Å². The highest BCUT2D eigenvalue weighted by molar-refractivity contribution is 5.38. The van der Waals surface area contributed by atoms with Crippen LogP contribution in [0, 0.1) is 5.92 Å². The van der Waals surface area contributed by atoms with Gasteiger partial charge >= 0.3 is 0 Å². The molecule has 0 radical (unpaired) electrons. The monoisotopic (exact) mass is 222 g/mol. The van der Waals surface area contributed by atoms with Gasteiger partial charge in [-0.3, -0.25) is 0 Å². The average Bonchev–Trinajstić information content (AvgIpc) is 2.78. The summed E-state index contributed by atoms with van der Waals surface area (Å²) in [7, 11) is 1.75. The van der Waals surface area contributed by atoms with Crippen molar-refractivity contribution in [1.29, 1.82) is 0 Å². The summed E-state index contributed by atoms with van der Waals surface area (Å²) in [5.41, 5.74) is 6.31. The number of aromatic nitrogens is 2. The van der Waals surface area contributed by atoms with Crippen LogP contribution in [0.5, 0.6) is 0 Å². The van der Waals surface area contributed by atoms with Crippen LogP contribution in [0.3, 0.4) is 0 Å². The largest absolute Gasteiger partial charge is 0.384 e. The van der Waals surface area contributed by atoms with Gasteiger partial charge in [0, 0.05) is 32.7 Å². The number of nitrogens with two attached hydrogens (primary N) is 1. The Morgan fingerprint density at radius 3 is 3.00 bits per heavy atom. The zero-order valence-electron chi connectivity index (χ0n) is 9.59. The molecule has 0 amide bonds. The number of methoxy groups -OCH3 is 1. The van der Waals surface area contributed by atoms with E-state index in [1.54, 1.807) is 7.11 Å². The van der Waals surface area contributed by atoms with Crippen LogP contribution in [0.4, 0.5) is 5.82 Å². The van der Waals surface area contributed by atoms with Crippen molar-refractivity contribution < 1.29 is 4.74 Å². The number of rotatable bonds is 4. The molecule has 1 unspecified atom stereocenters. The van der Waals surface area contributed by atoms with E-state index < -0.39 is 0 Å². The highest BCUT2D eigenvalue weighted by atomic mass is 16.5. The fourth-order valence-corrected chi connectivity index (χ4v) is 2.04. The van der Waals surface area contributed by atoms with Crippen molar-refractivity contribution in [2.75, 3.05) is 31.7 Å². The van der Waals surface area contributed by atoms with Gasteiger partial charge in [-0.25, -0.2) is 0 Å². The highest BCUT2D eigenvalue weighted by Crippen LogP contribution is 2.21. The zero-order valence-corrected chi connectivity index (χ0v) is 9.59. The molecule has 2 rings (SSSR count). The molecule has 5 nitrogen and oxygen atoms in total. The number of hydrogen-bond donors (Lipinski definition) is 1. The maximum atomic E-state index is 5.48. The Morgan fingerprint density at radius 2 is 2.38 bits per heavy atom. The van der Waals surface area contributed by atoms with Gasteiger partial charge < -0.3 is 15.4 Å². The molecular formula is C11H18N4O. The predicted octanol–water partition coefficient (Wildman–Crippen LogP) is 0.408. The molecule has 2 N–H and O–H groups in total. The molecule has 1 fully saturated rings. The fraction of sp³-hybridized carbons (Fsp3) is 0.636. The second-order valence-corrected chi connectivity index (χ2v) is 4.14. The molecule has 1 aliphatic heterocycles. The number of ether oxygens (including phenoxy) is 1. The number of hydrogen-bond acceptors (Lipinski definition) is 5. The molecular weight excluding hydrogens is 204 g/mol. The minimum Gasteiger partial charge on any atom is -0.384 e. The summed E-state index contributed by atoms with van der Waals surface area (Å²) in [6, 6.07) is 3.93. The Bertz CT molecular complexity index is 327. The van der Waals surface area contributed by atoms with Gasteiger partial charge in [0.05, 0.1) is 12.3 Å². The van der Waals surface area contributed by atoms with E-state index in [1.807, 2.05) is 12.1 Å². The average molecular weight is 222 g/mol. The lowest BCUT2D eigenvalue weighted by molar-refractivity contribution is 0.161. The fourth-order valence-electron chi connectivity index (χ4n) is 2.04. The predicted molar refractivity (Wildman–Crippen MR) is 62.1 cm³/mol. The van der Waals surface area contributed by atoms with E-state index in [4.69, 9.17) is 10.5 Å². The molecule has 5 heteroatoms. The van der Waals surface area contributed by atoms with Crippen LogP contribution in [0.25, 0.3) is 0 Å². The second kappa shape index (κ2) is 5.23. The summed E-state index contributed by atoms with van der Waals surface area (Å²) >= 11 is 0. The molecule has 1 aliphatic rings. The Morgan fingerprint density at radius 1 is 1.50 bits per heavy atom. The molecule has 16 heavy (non-hydrogen) atoms. The van der Waals surface area contributed by atoms with E-state index >= 15 is 0 Å². The molecule has 88 valence electrons. The summed E-state index contributed by atoms with van der Waals surface area (Å²) in [6.45, 7) is 3.31. The SMILES string of the molecule is COCC1CCN(c2ccc(CN)nn2)C1. The van der Waals surface area contributed by atoms with Crippen molar-refractivity contribution in [2.45, 2.75) is 13.0 Å². The Labute approximate surface area is 95.6 Å². The van der Waals surface area contributed by atoms with Gasteiger partial charge in [-0.15, -0.1) is 5.10 Å². The van der Waals surface area contributed by atoms with E-state index in [0.29, 0.717) is 12.5 Å². The Hall–Kier alpha value is -1.20. The second-order valence-electron chi connectivity index (χ2n) is 4.14. The highest BCUT2D eigenvalue weighted by Gasteiger charge is 2.23. The van der Waals surface area contributed by atoms with Gasteiger partial charge in [0.25, 0.3) is 0 Å². The van der Waals surface area contributed by atoms with Crippen molar-refractivity contribution in [3.8, 4) is 0 Å². The first-order valence-electron chi connectivity index (χ1n) is 5.60.